The van der Waals surface area contributed by atoms with Gasteiger partial charge < -0.3 is 5.32 Å². The van der Waals surface area contributed by atoms with Gasteiger partial charge in [0.2, 0.25) is 0 Å². The summed E-state index contributed by atoms with van der Waals surface area (Å²) in [5.41, 5.74) is 2.84. The van der Waals surface area contributed by atoms with E-state index < -0.39 is 0 Å². The first-order valence-corrected chi connectivity index (χ1v) is 9.14. The zero-order valence-electron chi connectivity index (χ0n) is 13.6. The predicted molar refractivity (Wildman–Crippen MR) is 93.9 cm³/mol. The van der Waals surface area contributed by atoms with Crippen LogP contribution in [-0.4, -0.2) is 24.6 Å². The van der Waals surface area contributed by atoms with Gasteiger partial charge in [-0.1, -0.05) is 50.6 Å². The molecule has 1 aromatic rings. The third-order valence-electron chi connectivity index (χ3n) is 3.54. The number of thioether (sulfide) groups is 1. The van der Waals surface area contributed by atoms with E-state index in [4.69, 9.17) is 0 Å². The number of aryl methyl sites for hydroxylation is 1. The number of benzene rings is 1. The van der Waals surface area contributed by atoms with Crippen LogP contribution in [0.2, 0.25) is 0 Å². The van der Waals surface area contributed by atoms with E-state index in [0.29, 0.717) is 5.92 Å². The van der Waals surface area contributed by atoms with Crippen LogP contribution in [0, 0.1) is 12.8 Å². The molecule has 0 saturated carbocycles. The molecule has 1 N–H and O–H groups in total. The molecule has 0 aliphatic heterocycles. The van der Waals surface area contributed by atoms with Gasteiger partial charge in [0, 0.05) is 6.54 Å². The van der Waals surface area contributed by atoms with Crippen LogP contribution >= 0.6 is 11.8 Å². The van der Waals surface area contributed by atoms with Crippen LogP contribution in [0.15, 0.2) is 24.3 Å². The average molecular weight is 294 g/mol. The lowest BCUT2D eigenvalue weighted by molar-refractivity contribution is 0.498. The normalized spacial score (nSPS) is 12.8. The maximum absolute atomic E-state index is 3.63. The molecule has 0 bridgehead atoms. The van der Waals surface area contributed by atoms with Crippen molar-refractivity contribution in [1.29, 1.82) is 0 Å². The zero-order valence-corrected chi connectivity index (χ0v) is 14.4. The molecule has 0 saturated heterocycles. The van der Waals surface area contributed by atoms with Gasteiger partial charge in [-0.2, -0.15) is 11.8 Å². The summed E-state index contributed by atoms with van der Waals surface area (Å²) in [6, 6.07) is 9.10. The number of rotatable bonds is 10. The first-order valence-electron chi connectivity index (χ1n) is 7.98. The second kappa shape index (κ2) is 10.3. The molecule has 20 heavy (non-hydrogen) atoms. The predicted octanol–water partition coefficient (Wildman–Crippen LogP) is 4.86. The maximum atomic E-state index is 3.63. The Morgan fingerprint density at radius 3 is 2.40 bits per heavy atom. The van der Waals surface area contributed by atoms with Gasteiger partial charge in [0.05, 0.1) is 0 Å². The Balaban J connectivity index is 2.51. The van der Waals surface area contributed by atoms with Crippen LogP contribution < -0.4 is 5.32 Å². The molecular formula is C18H31NS. The Hall–Kier alpha value is -0.470. The highest BCUT2D eigenvalue weighted by Gasteiger charge is 2.11. The second-order valence-corrected chi connectivity index (χ2v) is 7.39. The van der Waals surface area contributed by atoms with Crippen molar-refractivity contribution in [2.75, 3.05) is 24.6 Å². The van der Waals surface area contributed by atoms with Gasteiger partial charge in [0.1, 0.15) is 0 Å². The monoisotopic (exact) mass is 293 g/mol. The Labute approximate surface area is 129 Å². The molecule has 0 radical (unpaired) electrons. The van der Waals surface area contributed by atoms with Gasteiger partial charge in [-0.15, -0.1) is 0 Å². The molecule has 0 spiro atoms. The van der Waals surface area contributed by atoms with Gasteiger partial charge in [-0.05, 0) is 55.2 Å². The first kappa shape index (κ1) is 17.6. The Morgan fingerprint density at radius 2 is 1.80 bits per heavy atom. The van der Waals surface area contributed by atoms with Gasteiger partial charge in [0.25, 0.3) is 0 Å². The quantitative estimate of drug-likeness (QED) is 0.618. The average Bonchev–Trinajstić information content (AvgIpc) is 2.42. The number of nitrogens with one attached hydrogen (secondary N) is 1. The summed E-state index contributed by atoms with van der Waals surface area (Å²) < 4.78 is 0. The highest BCUT2D eigenvalue weighted by atomic mass is 32.2. The van der Waals surface area contributed by atoms with Gasteiger partial charge in [-0.25, -0.2) is 0 Å². The Kier molecular flexibility index (Phi) is 9.04. The lowest BCUT2D eigenvalue weighted by atomic mass is 9.93. The molecule has 0 fully saturated rings. The smallest absolute Gasteiger partial charge is 0.00202 e. The molecule has 0 aliphatic rings. The molecule has 0 amide bonds. The van der Waals surface area contributed by atoms with Gasteiger partial charge in [-0.3, -0.25) is 0 Å². The third kappa shape index (κ3) is 7.35. The molecule has 1 nitrogen and oxygen atoms in total. The van der Waals surface area contributed by atoms with E-state index in [9.17, 15) is 0 Å². The summed E-state index contributed by atoms with van der Waals surface area (Å²) >= 11 is 2.06. The fourth-order valence-corrected chi connectivity index (χ4v) is 3.01. The SMILES string of the molecule is CCSCCCC(CNCC(C)C)c1ccc(C)cc1. The highest BCUT2D eigenvalue weighted by molar-refractivity contribution is 7.99. The van der Waals surface area contributed by atoms with Crippen LogP contribution in [0.1, 0.15) is 50.7 Å². The Bertz CT molecular complexity index is 345. The summed E-state index contributed by atoms with van der Waals surface area (Å²) in [6.07, 6.45) is 2.61. The molecule has 0 aromatic heterocycles. The minimum Gasteiger partial charge on any atom is -0.316 e. The largest absolute Gasteiger partial charge is 0.316 e. The van der Waals surface area contributed by atoms with E-state index in [-0.39, 0.29) is 0 Å². The third-order valence-corrected chi connectivity index (χ3v) is 4.52. The van der Waals surface area contributed by atoms with Crippen molar-refractivity contribution in [1.82, 2.24) is 5.32 Å². The van der Waals surface area contributed by atoms with Gasteiger partial charge >= 0.3 is 0 Å². The van der Waals surface area contributed by atoms with Crippen molar-refractivity contribution in [2.45, 2.75) is 46.5 Å². The van der Waals surface area contributed by atoms with E-state index in [1.807, 2.05) is 0 Å². The van der Waals surface area contributed by atoms with E-state index in [0.717, 1.165) is 19.0 Å². The summed E-state index contributed by atoms with van der Waals surface area (Å²) in [5.74, 6) is 3.92. The minimum absolute atomic E-state index is 0.659. The topological polar surface area (TPSA) is 12.0 Å². The number of hydrogen-bond acceptors (Lipinski definition) is 2. The summed E-state index contributed by atoms with van der Waals surface area (Å²) in [4.78, 5) is 0. The van der Waals surface area contributed by atoms with E-state index in [1.165, 1.54) is 35.5 Å². The van der Waals surface area contributed by atoms with Crippen LogP contribution in [0.5, 0.6) is 0 Å². The lowest BCUT2D eigenvalue weighted by Gasteiger charge is -2.19. The van der Waals surface area contributed by atoms with Crippen LogP contribution in [0.3, 0.4) is 0 Å². The summed E-state index contributed by atoms with van der Waals surface area (Å²) in [6.45, 7) is 11.2. The van der Waals surface area contributed by atoms with Gasteiger partial charge in [0.15, 0.2) is 0 Å². The van der Waals surface area contributed by atoms with E-state index >= 15 is 0 Å². The highest BCUT2D eigenvalue weighted by Crippen LogP contribution is 2.22. The first-order chi connectivity index (χ1) is 9.63. The molecule has 1 aromatic carbocycles. The van der Waals surface area contributed by atoms with Crippen molar-refractivity contribution in [2.24, 2.45) is 5.92 Å². The van der Waals surface area contributed by atoms with E-state index in [2.05, 4.69) is 69.0 Å². The molecule has 0 heterocycles. The molecule has 114 valence electrons. The van der Waals surface area contributed by atoms with Crippen molar-refractivity contribution < 1.29 is 0 Å². The Morgan fingerprint density at radius 1 is 1.10 bits per heavy atom. The maximum Gasteiger partial charge on any atom is 0.00202 e. The minimum atomic E-state index is 0.659. The van der Waals surface area contributed by atoms with Crippen LogP contribution in [-0.2, 0) is 0 Å². The standard InChI is InChI=1S/C18H31NS/c1-5-20-12-6-7-18(14-19-13-15(2)3)17-10-8-16(4)9-11-17/h8-11,15,18-19H,5-7,12-14H2,1-4H3. The summed E-state index contributed by atoms with van der Waals surface area (Å²) in [7, 11) is 0. The molecule has 2 heteroatoms. The molecule has 0 aliphatic carbocycles. The van der Waals surface area contributed by atoms with Crippen molar-refractivity contribution in [3.05, 3.63) is 35.4 Å². The number of hydrogen-bond donors (Lipinski definition) is 1. The van der Waals surface area contributed by atoms with E-state index in [1.54, 1.807) is 0 Å². The van der Waals surface area contributed by atoms with Crippen molar-refractivity contribution >= 4 is 11.8 Å². The fourth-order valence-electron chi connectivity index (χ4n) is 2.35. The lowest BCUT2D eigenvalue weighted by Crippen LogP contribution is -2.25. The molecular weight excluding hydrogens is 262 g/mol. The molecule has 1 atom stereocenters. The molecule has 1 unspecified atom stereocenters. The van der Waals surface area contributed by atoms with Crippen molar-refractivity contribution in [3.8, 4) is 0 Å². The summed E-state index contributed by atoms with van der Waals surface area (Å²) in [5, 5.41) is 3.63. The second-order valence-electron chi connectivity index (χ2n) is 6.00. The van der Waals surface area contributed by atoms with Crippen molar-refractivity contribution in [3.63, 3.8) is 0 Å². The van der Waals surface area contributed by atoms with Crippen LogP contribution in [0.4, 0.5) is 0 Å². The fraction of sp³-hybridized carbons (Fsp3) is 0.667. The van der Waals surface area contributed by atoms with Crippen LogP contribution in [0.25, 0.3) is 0 Å². The zero-order chi connectivity index (χ0) is 14.8. The molecule has 1 rings (SSSR count).